The second-order valence-electron chi connectivity index (χ2n) is 15.3. The molecular weight excluding hydrogens is 627 g/mol. The normalized spacial score (nSPS) is 21.3. The Balaban J connectivity index is 1.44. The number of rotatable bonds is 11. The predicted octanol–water partition coefficient (Wildman–Crippen LogP) is 9.20. The van der Waals surface area contributed by atoms with Gasteiger partial charge in [0, 0.05) is 47.2 Å². The molecule has 2 aliphatic heterocycles. The second-order valence-corrected chi connectivity index (χ2v) is 15.3. The summed E-state index contributed by atoms with van der Waals surface area (Å²) in [6.07, 6.45) is 16.3. The van der Waals surface area contributed by atoms with Gasteiger partial charge in [-0.2, -0.15) is 0 Å². The first kappa shape index (κ1) is 36.3. The molecule has 6 heteroatoms. The molecule has 0 bridgehead atoms. The summed E-state index contributed by atoms with van der Waals surface area (Å²) in [6.45, 7) is 15.9. The molecule has 0 saturated heterocycles. The topological polar surface area (TPSA) is 82.0 Å². The minimum absolute atomic E-state index is 0.00467. The van der Waals surface area contributed by atoms with Crippen LogP contribution in [0.1, 0.15) is 95.9 Å². The van der Waals surface area contributed by atoms with Crippen LogP contribution >= 0.6 is 0 Å². The molecular formula is C45H57N5O. The number of nitrogens with two attached hydrogens (primary N) is 2. The van der Waals surface area contributed by atoms with Crippen molar-refractivity contribution in [2.24, 2.45) is 11.6 Å². The Morgan fingerprint density at radius 2 is 1.53 bits per heavy atom. The highest BCUT2D eigenvalue weighted by Gasteiger charge is 2.43. The summed E-state index contributed by atoms with van der Waals surface area (Å²) in [7, 11) is 0. The van der Waals surface area contributed by atoms with Gasteiger partial charge >= 0.3 is 0 Å². The Morgan fingerprint density at radius 1 is 0.863 bits per heavy atom. The van der Waals surface area contributed by atoms with Crippen LogP contribution in [-0.2, 0) is 17.4 Å². The molecule has 5 N–H and O–H groups in total. The van der Waals surface area contributed by atoms with Gasteiger partial charge in [-0.3, -0.25) is 5.01 Å². The highest BCUT2D eigenvalue weighted by molar-refractivity contribution is 5.71. The van der Waals surface area contributed by atoms with E-state index in [9.17, 15) is 5.11 Å². The molecule has 1 unspecified atom stereocenters. The van der Waals surface area contributed by atoms with Crippen molar-refractivity contribution in [1.29, 1.82) is 0 Å². The molecule has 2 heterocycles. The number of benzene rings is 3. The molecule has 268 valence electrons. The molecule has 0 spiro atoms. The lowest BCUT2D eigenvalue weighted by Gasteiger charge is -2.33. The number of fused-ring (bicyclic) bond motifs is 2. The highest BCUT2D eigenvalue weighted by Crippen LogP contribution is 2.48. The van der Waals surface area contributed by atoms with E-state index in [2.05, 4.69) is 124 Å². The molecule has 3 aromatic rings. The molecule has 6 nitrogen and oxygen atoms in total. The quantitative estimate of drug-likeness (QED) is 0.138. The van der Waals surface area contributed by atoms with Crippen LogP contribution in [0.3, 0.4) is 0 Å². The predicted molar refractivity (Wildman–Crippen MR) is 215 cm³/mol. The molecule has 0 saturated carbocycles. The van der Waals surface area contributed by atoms with Crippen molar-refractivity contribution < 1.29 is 5.11 Å². The first-order valence-electron chi connectivity index (χ1n) is 18.8. The molecule has 3 aliphatic rings. The second kappa shape index (κ2) is 15.0. The maximum absolute atomic E-state index is 9.56. The number of allylic oxidation sites excluding steroid dienone is 6. The zero-order chi connectivity index (χ0) is 36.3. The number of nitrogens with zero attached hydrogens (tertiary/aromatic N) is 3. The highest BCUT2D eigenvalue weighted by atomic mass is 16.3. The minimum Gasteiger partial charge on any atom is -0.397 e. The number of para-hydroxylation sites is 2. The summed E-state index contributed by atoms with van der Waals surface area (Å²) >= 11 is 0. The van der Waals surface area contributed by atoms with Gasteiger partial charge in [0.25, 0.3) is 0 Å². The third kappa shape index (κ3) is 6.92. The van der Waals surface area contributed by atoms with E-state index in [1.54, 1.807) is 5.01 Å². The van der Waals surface area contributed by atoms with Crippen LogP contribution in [0.25, 0.3) is 5.70 Å². The van der Waals surface area contributed by atoms with E-state index in [0.717, 1.165) is 62.0 Å². The summed E-state index contributed by atoms with van der Waals surface area (Å²) in [5.41, 5.74) is 19.0. The van der Waals surface area contributed by atoms with Crippen LogP contribution < -0.4 is 21.4 Å². The fourth-order valence-electron chi connectivity index (χ4n) is 8.46. The Morgan fingerprint density at radius 3 is 2.22 bits per heavy atom. The summed E-state index contributed by atoms with van der Waals surface area (Å²) < 4.78 is 0. The van der Waals surface area contributed by atoms with Gasteiger partial charge in [-0.1, -0.05) is 120 Å². The van der Waals surface area contributed by atoms with Gasteiger partial charge in [-0.25, -0.2) is 5.84 Å². The van der Waals surface area contributed by atoms with E-state index in [-0.39, 0.29) is 23.5 Å². The first-order valence-corrected chi connectivity index (χ1v) is 18.8. The van der Waals surface area contributed by atoms with Crippen molar-refractivity contribution in [3.05, 3.63) is 148 Å². The maximum Gasteiger partial charge on any atom is 0.0681 e. The number of aliphatic hydroxyl groups excluding tert-OH is 1. The van der Waals surface area contributed by atoms with E-state index in [1.807, 2.05) is 30.5 Å². The fraction of sp³-hybridized carbons (Fsp3) is 0.378. The standard InChI is InChI=1S/C45H57N5O/c1-7-28-48-39-18-11-9-16-36(39)44(3,4)41(48)26-24-34-14-13-15-35(43(34)50(47)30-38(46)33-22-20-32(31-51)21-23-33)25-27-42-45(5,6)37-17-10-12-19-40(37)49(42)29-8-2/h9-12,16-27,30,41,51H,7-8,13-15,28-29,31,46-47H2,1-6H3/b26-24+,35-25+,38-30-,42-27+. The Kier molecular flexibility index (Phi) is 10.7. The molecule has 1 atom stereocenters. The molecule has 3 aromatic carbocycles. The lowest BCUT2D eigenvalue weighted by Crippen LogP contribution is -2.40. The number of hydrogen-bond donors (Lipinski definition) is 3. The van der Waals surface area contributed by atoms with Crippen molar-refractivity contribution in [3.63, 3.8) is 0 Å². The molecule has 51 heavy (non-hydrogen) atoms. The van der Waals surface area contributed by atoms with Crippen molar-refractivity contribution in [3.8, 4) is 0 Å². The van der Waals surface area contributed by atoms with Gasteiger partial charge in [0.15, 0.2) is 0 Å². The number of hydrogen-bond acceptors (Lipinski definition) is 6. The van der Waals surface area contributed by atoms with Gasteiger partial charge in [-0.05, 0) is 83.7 Å². The number of anilines is 2. The van der Waals surface area contributed by atoms with Crippen LogP contribution in [0.4, 0.5) is 11.4 Å². The molecule has 0 radical (unpaired) electrons. The van der Waals surface area contributed by atoms with Gasteiger partial charge < -0.3 is 20.6 Å². The zero-order valence-corrected chi connectivity index (χ0v) is 31.5. The summed E-state index contributed by atoms with van der Waals surface area (Å²) in [4.78, 5) is 5.07. The third-order valence-corrected chi connectivity index (χ3v) is 11.1. The van der Waals surface area contributed by atoms with Crippen molar-refractivity contribution in [2.75, 3.05) is 22.9 Å². The lowest BCUT2D eigenvalue weighted by atomic mass is 9.80. The summed E-state index contributed by atoms with van der Waals surface area (Å²) in [6, 6.07) is 25.6. The largest absolute Gasteiger partial charge is 0.397 e. The molecule has 0 fully saturated rings. The van der Waals surface area contributed by atoms with E-state index in [0.29, 0.717) is 5.70 Å². The van der Waals surface area contributed by atoms with Gasteiger partial charge in [0.2, 0.25) is 0 Å². The third-order valence-electron chi connectivity index (χ3n) is 11.1. The monoisotopic (exact) mass is 683 g/mol. The average molecular weight is 684 g/mol. The van der Waals surface area contributed by atoms with Crippen LogP contribution in [0.2, 0.25) is 0 Å². The zero-order valence-electron chi connectivity index (χ0n) is 31.5. The van der Waals surface area contributed by atoms with E-state index < -0.39 is 0 Å². The minimum atomic E-state index is -0.122. The van der Waals surface area contributed by atoms with Crippen molar-refractivity contribution in [2.45, 2.75) is 97.1 Å². The van der Waals surface area contributed by atoms with E-state index in [1.165, 1.54) is 39.3 Å². The van der Waals surface area contributed by atoms with Gasteiger partial charge in [0.1, 0.15) is 0 Å². The van der Waals surface area contributed by atoms with Crippen molar-refractivity contribution >= 4 is 17.1 Å². The van der Waals surface area contributed by atoms with Crippen LogP contribution in [0.15, 0.2) is 126 Å². The fourth-order valence-corrected chi connectivity index (χ4v) is 8.46. The number of hydrazine groups is 1. The molecule has 0 aromatic heterocycles. The lowest BCUT2D eigenvalue weighted by molar-refractivity contribution is 0.282. The Bertz CT molecular complexity index is 1880. The van der Waals surface area contributed by atoms with Gasteiger partial charge in [-0.15, -0.1) is 0 Å². The Labute approximate surface area is 306 Å². The smallest absolute Gasteiger partial charge is 0.0681 e. The van der Waals surface area contributed by atoms with Crippen molar-refractivity contribution in [1.82, 2.24) is 5.01 Å². The van der Waals surface area contributed by atoms with Crippen LogP contribution in [-0.4, -0.2) is 29.2 Å². The molecule has 1 aliphatic carbocycles. The summed E-state index contributed by atoms with van der Waals surface area (Å²) in [5.74, 6) is 7.05. The first-order chi connectivity index (χ1) is 24.5. The summed E-state index contributed by atoms with van der Waals surface area (Å²) in [5, 5.41) is 11.3. The van der Waals surface area contributed by atoms with E-state index >= 15 is 0 Å². The Hall–Kier alpha value is -4.52. The van der Waals surface area contributed by atoms with Gasteiger partial charge in [0.05, 0.1) is 24.0 Å². The van der Waals surface area contributed by atoms with Crippen LogP contribution in [0.5, 0.6) is 0 Å². The van der Waals surface area contributed by atoms with E-state index in [4.69, 9.17) is 11.6 Å². The maximum atomic E-state index is 9.56. The SMILES string of the molecule is CCCN1/C(=C/C=C2\CCCC(/C=C/C3N(CCC)c4ccccc4C3(C)C)=C2N(N)/C=C(\N)c2ccc(CO)cc2)C(C)(C)c2ccccc21. The average Bonchev–Trinajstić information content (AvgIpc) is 3.48. The molecule has 6 rings (SSSR count). The molecule has 0 amide bonds. The number of aliphatic hydroxyl groups is 1. The van der Waals surface area contributed by atoms with Crippen LogP contribution in [0, 0.1) is 0 Å².